The molecule has 15 heavy (non-hydrogen) atoms. The van der Waals surface area contributed by atoms with Gasteiger partial charge in [-0.1, -0.05) is 0 Å². The third-order valence-electron chi connectivity index (χ3n) is 1.91. The third-order valence-corrected chi connectivity index (χ3v) is 2.85. The van der Waals surface area contributed by atoms with Gasteiger partial charge in [0, 0.05) is 37.1 Å². The summed E-state index contributed by atoms with van der Waals surface area (Å²) in [6, 6.07) is 2.14. The molecule has 0 saturated carbocycles. The van der Waals surface area contributed by atoms with Gasteiger partial charge < -0.3 is 10.2 Å². The summed E-state index contributed by atoms with van der Waals surface area (Å²) in [7, 11) is 2.02. The molecule has 5 heteroatoms. The van der Waals surface area contributed by atoms with Crippen molar-refractivity contribution in [1.82, 2.24) is 9.88 Å². The Hall–Kier alpha value is -1.12. The minimum absolute atomic E-state index is 0.579. The fourth-order valence-electron chi connectivity index (χ4n) is 1.20. The molecule has 0 aromatic carbocycles. The van der Waals surface area contributed by atoms with Crippen LogP contribution in [0.1, 0.15) is 18.2 Å². The molecule has 1 N–H and O–H groups in total. The maximum atomic E-state index is 8.46. The molecule has 0 aliphatic carbocycles. The van der Waals surface area contributed by atoms with Crippen molar-refractivity contribution >= 4 is 16.5 Å². The highest BCUT2D eigenvalue weighted by atomic mass is 32.1. The molecule has 1 aromatic rings. The SMILES string of the molecule is CCNc1ncc(CN(C)CCC#N)s1. The normalized spacial score (nSPS) is 10.3. The van der Waals surface area contributed by atoms with Crippen LogP contribution in [0.3, 0.4) is 0 Å². The van der Waals surface area contributed by atoms with E-state index in [2.05, 4.69) is 28.2 Å². The lowest BCUT2D eigenvalue weighted by molar-refractivity contribution is 0.338. The molecule has 1 rings (SSSR count). The number of anilines is 1. The van der Waals surface area contributed by atoms with Gasteiger partial charge in [-0.25, -0.2) is 4.98 Å². The van der Waals surface area contributed by atoms with Crippen molar-refractivity contribution in [1.29, 1.82) is 5.26 Å². The second-order valence-electron chi connectivity index (χ2n) is 3.31. The minimum Gasteiger partial charge on any atom is -0.362 e. The summed E-state index contributed by atoms with van der Waals surface area (Å²) in [6.07, 6.45) is 2.47. The summed E-state index contributed by atoms with van der Waals surface area (Å²) in [5.41, 5.74) is 0. The molecule has 0 spiro atoms. The topological polar surface area (TPSA) is 52.0 Å². The van der Waals surface area contributed by atoms with Gasteiger partial charge in [0.05, 0.1) is 6.07 Å². The number of thiazole rings is 1. The van der Waals surface area contributed by atoms with Gasteiger partial charge in [0.2, 0.25) is 0 Å². The average Bonchev–Trinajstić information content (AvgIpc) is 2.63. The van der Waals surface area contributed by atoms with Crippen molar-refractivity contribution in [2.24, 2.45) is 0 Å². The predicted molar refractivity (Wildman–Crippen MR) is 62.8 cm³/mol. The van der Waals surface area contributed by atoms with E-state index < -0.39 is 0 Å². The first kappa shape index (κ1) is 12.0. The number of rotatable bonds is 6. The van der Waals surface area contributed by atoms with Gasteiger partial charge in [-0.05, 0) is 14.0 Å². The molecule has 82 valence electrons. The van der Waals surface area contributed by atoms with E-state index in [1.54, 1.807) is 11.3 Å². The zero-order valence-electron chi connectivity index (χ0n) is 9.16. The Balaban J connectivity index is 2.39. The molecule has 0 radical (unpaired) electrons. The van der Waals surface area contributed by atoms with E-state index in [0.717, 1.165) is 24.8 Å². The maximum absolute atomic E-state index is 8.46. The highest BCUT2D eigenvalue weighted by molar-refractivity contribution is 7.15. The van der Waals surface area contributed by atoms with Crippen LogP contribution in [-0.4, -0.2) is 30.0 Å². The molecular weight excluding hydrogens is 208 g/mol. The summed E-state index contributed by atoms with van der Waals surface area (Å²) in [4.78, 5) is 7.61. The zero-order valence-corrected chi connectivity index (χ0v) is 9.97. The second kappa shape index (κ2) is 6.38. The summed E-state index contributed by atoms with van der Waals surface area (Å²) >= 11 is 1.67. The van der Waals surface area contributed by atoms with E-state index >= 15 is 0 Å². The standard InChI is InChI=1S/C10H16N4S/c1-3-12-10-13-7-9(15-10)8-14(2)6-4-5-11/h7H,3-4,6,8H2,1-2H3,(H,12,13). The van der Waals surface area contributed by atoms with Gasteiger partial charge in [-0.15, -0.1) is 11.3 Å². The number of nitriles is 1. The molecule has 0 unspecified atom stereocenters. The van der Waals surface area contributed by atoms with Crippen molar-refractivity contribution in [3.63, 3.8) is 0 Å². The van der Waals surface area contributed by atoms with E-state index in [0.29, 0.717) is 6.42 Å². The molecule has 0 amide bonds. The Bertz CT molecular complexity index is 328. The van der Waals surface area contributed by atoms with Crippen LogP contribution in [0.2, 0.25) is 0 Å². The molecular formula is C10H16N4S. The number of nitrogens with one attached hydrogen (secondary N) is 1. The van der Waals surface area contributed by atoms with Crippen LogP contribution in [0.5, 0.6) is 0 Å². The highest BCUT2D eigenvalue weighted by Gasteiger charge is 2.04. The van der Waals surface area contributed by atoms with E-state index in [1.165, 1.54) is 4.88 Å². The third kappa shape index (κ3) is 4.28. The Morgan fingerprint density at radius 2 is 2.47 bits per heavy atom. The smallest absolute Gasteiger partial charge is 0.182 e. The van der Waals surface area contributed by atoms with Crippen LogP contribution >= 0.6 is 11.3 Å². The molecule has 0 atom stereocenters. The Labute approximate surface area is 94.5 Å². The van der Waals surface area contributed by atoms with E-state index in [9.17, 15) is 0 Å². The van der Waals surface area contributed by atoms with Crippen LogP contribution < -0.4 is 5.32 Å². The second-order valence-corrected chi connectivity index (χ2v) is 4.42. The van der Waals surface area contributed by atoms with Crippen molar-refractivity contribution < 1.29 is 0 Å². The number of hydrogen-bond donors (Lipinski definition) is 1. The number of nitrogens with zero attached hydrogens (tertiary/aromatic N) is 3. The molecule has 4 nitrogen and oxygen atoms in total. The molecule has 0 aliphatic rings. The number of hydrogen-bond acceptors (Lipinski definition) is 5. The van der Waals surface area contributed by atoms with Gasteiger partial charge in [0.15, 0.2) is 5.13 Å². The van der Waals surface area contributed by atoms with Gasteiger partial charge in [0.1, 0.15) is 0 Å². The average molecular weight is 224 g/mol. The summed E-state index contributed by atoms with van der Waals surface area (Å²) in [6.45, 7) is 4.63. The van der Waals surface area contributed by atoms with Crippen molar-refractivity contribution in [2.75, 3.05) is 25.5 Å². The molecule has 1 heterocycles. The maximum Gasteiger partial charge on any atom is 0.182 e. The van der Waals surface area contributed by atoms with Crippen LogP contribution in [0, 0.1) is 11.3 Å². The fourth-order valence-corrected chi connectivity index (χ4v) is 2.16. The van der Waals surface area contributed by atoms with Crippen LogP contribution in [0.15, 0.2) is 6.20 Å². The first-order valence-corrected chi connectivity index (χ1v) is 5.82. The van der Waals surface area contributed by atoms with Gasteiger partial charge in [0.25, 0.3) is 0 Å². The van der Waals surface area contributed by atoms with Gasteiger partial charge in [-0.2, -0.15) is 5.26 Å². The van der Waals surface area contributed by atoms with Gasteiger partial charge in [-0.3, -0.25) is 0 Å². The monoisotopic (exact) mass is 224 g/mol. The van der Waals surface area contributed by atoms with E-state index in [4.69, 9.17) is 5.26 Å². The van der Waals surface area contributed by atoms with Crippen molar-refractivity contribution in [3.8, 4) is 6.07 Å². The van der Waals surface area contributed by atoms with Gasteiger partial charge >= 0.3 is 0 Å². The Morgan fingerprint density at radius 3 is 3.13 bits per heavy atom. The first-order valence-electron chi connectivity index (χ1n) is 5.00. The zero-order chi connectivity index (χ0) is 11.1. The number of aromatic nitrogens is 1. The van der Waals surface area contributed by atoms with Crippen molar-refractivity contribution in [2.45, 2.75) is 19.9 Å². The fraction of sp³-hybridized carbons (Fsp3) is 0.600. The molecule has 0 aliphatic heterocycles. The van der Waals surface area contributed by atoms with Crippen molar-refractivity contribution in [3.05, 3.63) is 11.1 Å². The molecule has 0 bridgehead atoms. The predicted octanol–water partition coefficient (Wildman–Crippen LogP) is 1.92. The lowest BCUT2D eigenvalue weighted by Crippen LogP contribution is -2.17. The summed E-state index contributed by atoms with van der Waals surface area (Å²) < 4.78 is 0. The summed E-state index contributed by atoms with van der Waals surface area (Å²) in [5, 5.41) is 12.6. The molecule has 0 fully saturated rings. The highest BCUT2D eigenvalue weighted by Crippen LogP contribution is 2.18. The summed E-state index contributed by atoms with van der Waals surface area (Å²) in [5.74, 6) is 0. The van der Waals surface area contributed by atoms with E-state index in [-0.39, 0.29) is 0 Å². The Kier molecular flexibility index (Phi) is 5.08. The van der Waals surface area contributed by atoms with E-state index in [1.807, 2.05) is 13.2 Å². The largest absolute Gasteiger partial charge is 0.362 e. The quantitative estimate of drug-likeness (QED) is 0.802. The molecule has 1 aromatic heterocycles. The van der Waals surface area contributed by atoms with Crippen LogP contribution in [0.25, 0.3) is 0 Å². The van der Waals surface area contributed by atoms with Crippen LogP contribution in [0.4, 0.5) is 5.13 Å². The minimum atomic E-state index is 0.579. The lowest BCUT2D eigenvalue weighted by atomic mass is 10.4. The van der Waals surface area contributed by atoms with Crippen LogP contribution in [-0.2, 0) is 6.54 Å². The molecule has 0 saturated heterocycles. The lowest BCUT2D eigenvalue weighted by Gasteiger charge is -2.12. The first-order chi connectivity index (χ1) is 7.26. The Morgan fingerprint density at radius 1 is 1.67 bits per heavy atom.